The van der Waals surface area contributed by atoms with E-state index in [2.05, 4.69) is 0 Å². The molecule has 2 aromatic rings. The topological polar surface area (TPSA) is 86.7 Å². The van der Waals surface area contributed by atoms with E-state index < -0.39 is 20.2 Å². The van der Waals surface area contributed by atoms with Gasteiger partial charge in [0.2, 0.25) is 0 Å². The maximum atomic E-state index is 12.7. The van der Waals surface area contributed by atoms with Gasteiger partial charge in [0.05, 0.1) is 23.3 Å². The number of hydrogen-bond donors (Lipinski definition) is 0. The first kappa shape index (κ1) is 27.1. The van der Waals surface area contributed by atoms with Crippen LogP contribution in [0.25, 0.3) is 11.1 Å². The average molecular weight is 524 g/mol. The van der Waals surface area contributed by atoms with Crippen LogP contribution in [0.3, 0.4) is 0 Å². The smallest absolute Gasteiger partial charge is 0.266 e. The Kier molecular flexibility index (Phi) is 8.13. The molecule has 0 aromatic heterocycles. The molecule has 0 radical (unpaired) electrons. The van der Waals surface area contributed by atoms with Crippen molar-refractivity contribution in [2.45, 2.75) is 51.3 Å². The van der Waals surface area contributed by atoms with Crippen LogP contribution in [0, 0.1) is 10.8 Å². The lowest BCUT2D eigenvalue weighted by Crippen LogP contribution is -2.19. The molecule has 0 saturated carbocycles. The summed E-state index contributed by atoms with van der Waals surface area (Å²) in [5.74, 6) is 0. The van der Waals surface area contributed by atoms with Gasteiger partial charge in [-0.3, -0.25) is 8.37 Å². The summed E-state index contributed by atoms with van der Waals surface area (Å²) in [4.78, 5) is -0.409. The highest BCUT2D eigenvalue weighted by Gasteiger charge is 2.25. The van der Waals surface area contributed by atoms with Gasteiger partial charge in [-0.25, -0.2) is 0 Å². The van der Waals surface area contributed by atoms with Crippen molar-refractivity contribution in [1.29, 1.82) is 0 Å². The first-order valence-electron chi connectivity index (χ1n) is 9.80. The summed E-state index contributed by atoms with van der Waals surface area (Å²) in [6.07, 6.45) is 0. The van der Waals surface area contributed by atoms with Gasteiger partial charge >= 0.3 is 0 Å². The van der Waals surface area contributed by atoms with E-state index in [1.807, 2.05) is 41.5 Å². The first-order valence-corrected chi connectivity index (χ1v) is 13.4. The fourth-order valence-electron chi connectivity index (χ4n) is 2.38. The minimum atomic E-state index is -4.13. The Morgan fingerprint density at radius 2 is 0.969 bits per heavy atom. The predicted molar refractivity (Wildman–Crippen MR) is 127 cm³/mol. The molecule has 0 N–H and O–H groups in total. The van der Waals surface area contributed by atoms with E-state index in [1.54, 1.807) is 12.1 Å². The lowest BCUT2D eigenvalue weighted by atomic mass is 9.99. The number of halogens is 2. The van der Waals surface area contributed by atoms with Crippen LogP contribution in [-0.4, -0.2) is 30.0 Å². The van der Waals surface area contributed by atoms with E-state index in [4.69, 9.17) is 31.6 Å². The van der Waals surface area contributed by atoms with Gasteiger partial charge in [0.15, 0.2) is 0 Å². The van der Waals surface area contributed by atoms with Crippen LogP contribution in [0.2, 0.25) is 10.0 Å². The van der Waals surface area contributed by atoms with Gasteiger partial charge < -0.3 is 0 Å². The van der Waals surface area contributed by atoms with Crippen molar-refractivity contribution in [3.8, 4) is 11.1 Å². The Bertz CT molecular complexity index is 1100. The lowest BCUT2D eigenvalue weighted by Gasteiger charge is -2.19. The summed E-state index contributed by atoms with van der Waals surface area (Å²) in [7, 11) is -8.25. The standard InChI is InChI=1S/C22H28Cl2O6S2/c1-21(2,3)13-29-31(25,26)19-11-15(7-9-17(19)23)16-8-10-18(24)20(12-16)32(27,28)30-14-22(4,5)6/h7-12H,13-14H2,1-6H3. The first-order chi connectivity index (χ1) is 14.4. The monoisotopic (exact) mass is 522 g/mol. The molecule has 0 bridgehead atoms. The molecule has 0 unspecified atom stereocenters. The van der Waals surface area contributed by atoms with Crippen molar-refractivity contribution < 1.29 is 25.2 Å². The maximum Gasteiger partial charge on any atom is 0.298 e. The zero-order chi connectivity index (χ0) is 24.5. The molecule has 0 fully saturated rings. The van der Waals surface area contributed by atoms with Gasteiger partial charge in [-0.1, -0.05) is 76.9 Å². The molecular weight excluding hydrogens is 495 g/mol. The molecule has 32 heavy (non-hydrogen) atoms. The molecule has 0 saturated heterocycles. The van der Waals surface area contributed by atoms with Crippen LogP contribution in [0.1, 0.15) is 41.5 Å². The second kappa shape index (κ2) is 9.60. The number of hydrogen-bond acceptors (Lipinski definition) is 6. The quantitative estimate of drug-likeness (QED) is 0.404. The van der Waals surface area contributed by atoms with Crippen LogP contribution >= 0.6 is 23.2 Å². The highest BCUT2D eigenvalue weighted by atomic mass is 35.5. The van der Waals surface area contributed by atoms with Crippen molar-refractivity contribution in [3.63, 3.8) is 0 Å². The van der Waals surface area contributed by atoms with Crippen LogP contribution in [0.15, 0.2) is 46.2 Å². The molecule has 2 rings (SSSR count). The molecule has 0 heterocycles. The van der Waals surface area contributed by atoms with Gasteiger partial charge in [0, 0.05) is 0 Å². The molecule has 2 aromatic carbocycles. The predicted octanol–water partition coefficient (Wildman–Crippen LogP) is 6.16. The second-order valence-corrected chi connectivity index (χ2v) is 13.8. The van der Waals surface area contributed by atoms with Gasteiger partial charge in [-0.2, -0.15) is 16.8 Å². The maximum absolute atomic E-state index is 12.7. The Hall–Kier alpha value is -1.16. The third kappa shape index (κ3) is 7.43. The molecule has 0 aliphatic heterocycles. The normalized spacial score (nSPS) is 13.4. The van der Waals surface area contributed by atoms with E-state index in [0.717, 1.165) is 0 Å². The second-order valence-electron chi connectivity index (χ2n) is 9.84. The molecule has 10 heteroatoms. The molecule has 0 spiro atoms. The summed E-state index contributed by atoms with van der Waals surface area (Å²) >= 11 is 12.3. The molecule has 0 atom stereocenters. The summed E-state index contributed by atoms with van der Waals surface area (Å²) in [6, 6.07) is 8.69. The van der Waals surface area contributed by atoms with Crippen LogP contribution < -0.4 is 0 Å². The van der Waals surface area contributed by atoms with Crippen molar-refractivity contribution in [3.05, 3.63) is 46.4 Å². The Labute approximate surface area is 201 Å². The fourth-order valence-corrected chi connectivity index (χ4v) is 5.61. The van der Waals surface area contributed by atoms with E-state index in [9.17, 15) is 16.8 Å². The van der Waals surface area contributed by atoms with E-state index in [0.29, 0.717) is 11.1 Å². The highest BCUT2D eigenvalue weighted by molar-refractivity contribution is 7.87. The Morgan fingerprint density at radius 1 is 0.656 bits per heavy atom. The van der Waals surface area contributed by atoms with E-state index in [-0.39, 0.29) is 43.9 Å². The molecule has 0 aliphatic rings. The largest absolute Gasteiger partial charge is 0.298 e. The third-order valence-electron chi connectivity index (χ3n) is 4.03. The Balaban J connectivity index is 2.47. The number of rotatable bonds is 7. The number of benzene rings is 2. The summed E-state index contributed by atoms with van der Waals surface area (Å²) in [5.41, 5.74) is 0.111. The summed E-state index contributed by atoms with van der Waals surface area (Å²) in [5, 5.41) is -0.00374. The zero-order valence-electron chi connectivity index (χ0n) is 18.9. The summed E-state index contributed by atoms with van der Waals surface area (Å²) in [6.45, 7) is 11.0. The van der Waals surface area contributed by atoms with Crippen molar-refractivity contribution in [1.82, 2.24) is 0 Å². The molecule has 0 amide bonds. The lowest BCUT2D eigenvalue weighted by molar-refractivity contribution is 0.203. The molecular formula is C22H28Cl2O6S2. The minimum absolute atomic E-state index is 0.00187. The van der Waals surface area contributed by atoms with Crippen molar-refractivity contribution in [2.75, 3.05) is 13.2 Å². The van der Waals surface area contributed by atoms with Gasteiger partial charge in [0.25, 0.3) is 20.2 Å². The van der Waals surface area contributed by atoms with Crippen molar-refractivity contribution in [2.24, 2.45) is 10.8 Å². The van der Waals surface area contributed by atoms with E-state index in [1.165, 1.54) is 24.3 Å². The molecule has 6 nitrogen and oxygen atoms in total. The van der Waals surface area contributed by atoms with Crippen LogP contribution in [0.5, 0.6) is 0 Å². The fraction of sp³-hybridized carbons (Fsp3) is 0.455. The highest BCUT2D eigenvalue weighted by Crippen LogP contribution is 2.34. The Morgan fingerprint density at radius 3 is 1.25 bits per heavy atom. The zero-order valence-corrected chi connectivity index (χ0v) is 22.0. The molecule has 0 aliphatic carbocycles. The van der Waals surface area contributed by atoms with Gasteiger partial charge in [0.1, 0.15) is 9.79 Å². The molecule has 178 valence electrons. The van der Waals surface area contributed by atoms with Gasteiger partial charge in [-0.15, -0.1) is 0 Å². The minimum Gasteiger partial charge on any atom is -0.266 e. The van der Waals surface area contributed by atoms with E-state index >= 15 is 0 Å². The van der Waals surface area contributed by atoms with Crippen LogP contribution in [0.4, 0.5) is 0 Å². The van der Waals surface area contributed by atoms with Gasteiger partial charge in [-0.05, 0) is 46.2 Å². The SMILES string of the molecule is CC(C)(C)COS(=O)(=O)c1cc(-c2ccc(Cl)c(S(=O)(=O)OCC(C)(C)C)c2)ccc1Cl. The van der Waals surface area contributed by atoms with Crippen molar-refractivity contribution >= 4 is 43.4 Å². The third-order valence-corrected chi connectivity index (χ3v) is 7.52. The van der Waals surface area contributed by atoms with Crippen LogP contribution in [-0.2, 0) is 28.6 Å². The summed E-state index contributed by atoms with van der Waals surface area (Å²) < 4.78 is 61.1. The average Bonchev–Trinajstić information content (AvgIpc) is 2.65.